The quantitative estimate of drug-likeness (QED) is 0.750. The van der Waals surface area contributed by atoms with Gasteiger partial charge in [-0.3, -0.25) is 0 Å². The van der Waals surface area contributed by atoms with Crippen molar-refractivity contribution in [1.82, 2.24) is 14.9 Å². The lowest BCUT2D eigenvalue weighted by Gasteiger charge is -2.28. The van der Waals surface area contributed by atoms with E-state index in [0.717, 1.165) is 11.8 Å². The molecule has 1 fully saturated rings. The molecule has 3 nitrogen and oxygen atoms in total. The average molecular weight is 205 g/mol. The van der Waals surface area contributed by atoms with Gasteiger partial charge in [0, 0.05) is 12.2 Å². The van der Waals surface area contributed by atoms with Crippen LogP contribution in [0.15, 0.2) is 6.33 Å². The fraction of sp³-hybridized carbons (Fsp3) is 0.750. The molecule has 3 heteroatoms. The van der Waals surface area contributed by atoms with Gasteiger partial charge in [0.1, 0.15) is 0 Å². The first-order chi connectivity index (χ1) is 7.34. The minimum absolute atomic E-state index is 0.876. The predicted molar refractivity (Wildman–Crippen MR) is 59.8 cm³/mol. The van der Waals surface area contributed by atoms with Gasteiger partial charge < -0.3 is 9.88 Å². The SMILES string of the molecule is Cc1ncn2c1CCC(C1CCNC1)C2. The van der Waals surface area contributed by atoms with Crippen molar-refractivity contribution >= 4 is 0 Å². The minimum atomic E-state index is 0.876. The van der Waals surface area contributed by atoms with Crippen molar-refractivity contribution < 1.29 is 0 Å². The molecule has 2 aliphatic rings. The zero-order chi connectivity index (χ0) is 10.3. The molecule has 3 heterocycles. The summed E-state index contributed by atoms with van der Waals surface area (Å²) in [5.41, 5.74) is 2.70. The Labute approximate surface area is 90.9 Å². The lowest BCUT2D eigenvalue weighted by atomic mass is 9.85. The van der Waals surface area contributed by atoms with Crippen LogP contribution < -0.4 is 5.32 Å². The summed E-state index contributed by atoms with van der Waals surface area (Å²) in [5.74, 6) is 1.78. The molecule has 0 spiro atoms. The zero-order valence-electron chi connectivity index (χ0n) is 9.37. The third kappa shape index (κ3) is 1.59. The molecule has 15 heavy (non-hydrogen) atoms. The second-order valence-corrected chi connectivity index (χ2v) is 4.98. The Balaban J connectivity index is 1.77. The monoisotopic (exact) mass is 205 g/mol. The van der Waals surface area contributed by atoms with Crippen LogP contribution in [-0.4, -0.2) is 22.6 Å². The number of hydrogen-bond acceptors (Lipinski definition) is 2. The van der Waals surface area contributed by atoms with Crippen molar-refractivity contribution in [1.29, 1.82) is 0 Å². The van der Waals surface area contributed by atoms with E-state index in [1.807, 2.05) is 6.33 Å². The van der Waals surface area contributed by atoms with Crippen molar-refractivity contribution in [3.8, 4) is 0 Å². The molecule has 0 amide bonds. The van der Waals surface area contributed by atoms with Crippen molar-refractivity contribution in [2.45, 2.75) is 32.7 Å². The summed E-state index contributed by atoms with van der Waals surface area (Å²) < 4.78 is 2.38. The van der Waals surface area contributed by atoms with Gasteiger partial charge in [-0.2, -0.15) is 0 Å². The molecule has 0 radical (unpaired) electrons. The molecule has 0 bridgehead atoms. The minimum Gasteiger partial charge on any atom is -0.334 e. The van der Waals surface area contributed by atoms with Crippen LogP contribution in [0.5, 0.6) is 0 Å². The molecule has 0 saturated carbocycles. The maximum atomic E-state index is 4.41. The van der Waals surface area contributed by atoms with Gasteiger partial charge in [-0.25, -0.2) is 4.98 Å². The van der Waals surface area contributed by atoms with E-state index in [1.54, 1.807) is 0 Å². The molecular formula is C12H19N3. The fourth-order valence-electron chi connectivity index (χ4n) is 3.12. The third-order valence-electron chi connectivity index (χ3n) is 4.10. The lowest BCUT2D eigenvalue weighted by molar-refractivity contribution is 0.267. The van der Waals surface area contributed by atoms with Crippen LogP contribution in [0.1, 0.15) is 24.2 Å². The van der Waals surface area contributed by atoms with Gasteiger partial charge in [-0.05, 0) is 51.1 Å². The Morgan fingerprint density at radius 2 is 2.33 bits per heavy atom. The Morgan fingerprint density at radius 1 is 1.40 bits per heavy atom. The number of hydrogen-bond donors (Lipinski definition) is 1. The van der Waals surface area contributed by atoms with Crippen molar-refractivity contribution in [2.24, 2.45) is 11.8 Å². The van der Waals surface area contributed by atoms with Crippen LogP contribution in [0, 0.1) is 18.8 Å². The van der Waals surface area contributed by atoms with E-state index >= 15 is 0 Å². The highest BCUT2D eigenvalue weighted by Crippen LogP contribution is 2.30. The third-order valence-corrected chi connectivity index (χ3v) is 4.10. The summed E-state index contributed by atoms with van der Waals surface area (Å²) in [5, 5.41) is 3.47. The highest BCUT2D eigenvalue weighted by atomic mass is 15.1. The highest BCUT2D eigenvalue weighted by Gasteiger charge is 2.28. The molecule has 1 saturated heterocycles. The number of nitrogens with zero attached hydrogens (tertiary/aromatic N) is 2. The first-order valence-corrected chi connectivity index (χ1v) is 6.06. The predicted octanol–water partition coefficient (Wildman–Crippen LogP) is 1.36. The standard InChI is InChI=1S/C12H19N3/c1-9-12-3-2-11(7-15(12)8-14-9)10-4-5-13-6-10/h8,10-11,13H,2-7H2,1H3. The summed E-state index contributed by atoms with van der Waals surface area (Å²) in [7, 11) is 0. The molecular weight excluding hydrogens is 186 g/mol. The first-order valence-electron chi connectivity index (χ1n) is 6.06. The normalized spacial score (nSPS) is 30.5. The number of rotatable bonds is 1. The van der Waals surface area contributed by atoms with E-state index in [0.29, 0.717) is 0 Å². The molecule has 0 aromatic carbocycles. The van der Waals surface area contributed by atoms with Gasteiger partial charge in [-0.1, -0.05) is 0 Å². The Kier molecular flexibility index (Phi) is 2.28. The first kappa shape index (κ1) is 9.40. The van der Waals surface area contributed by atoms with Crippen molar-refractivity contribution in [3.05, 3.63) is 17.7 Å². The number of aromatic nitrogens is 2. The van der Waals surface area contributed by atoms with Crippen LogP contribution in [0.3, 0.4) is 0 Å². The zero-order valence-corrected chi connectivity index (χ0v) is 9.37. The molecule has 1 aromatic heterocycles. The largest absolute Gasteiger partial charge is 0.334 e. The van der Waals surface area contributed by atoms with Gasteiger partial charge in [0.2, 0.25) is 0 Å². The molecule has 2 unspecified atom stereocenters. The summed E-state index contributed by atoms with van der Waals surface area (Å²) in [6.45, 7) is 5.77. The van der Waals surface area contributed by atoms with Gasteiger partial charge >= 0.3 is 0 Å². The number of fused-ring (bicyclic) bond motifs is 1. The summed E-state index contributed by atoms with van der Waals surface area (Å²) in [6, 6.07) is 0. The van der Waals surface area contributed by atoms with E-state index in [-0.39, 0.29) is 0 Å². The maximum absolute atomic E-state index is 4.41. The Bertz CT molecular complexity index is 350. The molecule has 0 aliphatic carbocycles. The van der Waals surface area contributed by atoms with E-state index in [4.69, 9.17) is 0 Å². The molecule has 82 valence electrons. The highest BCUT2D eigenvalue weighted by molar-refractivity contribution is 5.13. The molecule has 1 N–H and O–H groups in total. The molecule has 3 rings (SSSR count). The van der Waals surface area contributed by atoms with Crippen LogP contribution in [-0.2, 0) is 13.0 Å². The van der Waals surface area contributed by atoms with E-state index in [9.17, 15) is 0 Å². The number of nitrogens with one attached hydrogen (secondary N) is 1. The van der Waals surface area contributed by atoms with Crippen LogP contribution >= 0.6 is 0 Å². The van der Waals surface area contributed by atoms with Gasteiger partial charge in [-0.15, -0.1) is 0 Å². The number of imidazole rings is 1. The maximum Gasteiger partial charge on any atom is 0.0951 e. The lowest BCUT2D eigenvalue weighted by Crippen LogP contribution is -2.27. The molecule has 2 atom stereocenters. The van der Waals surface area contributed by atoms with Crippen LogP contribution in [0.4, 0.5) is 0 Å². The van der Waals surface area contributed by atoms with Crippen LogP contribution in [0.2, 0.25) is 0 Å². The smallest absolute Gasteiger partial charge is 0.0951 e. The Morgan fingerprint density at radius 3 is 3.13 bits per heavy atom. The summed E-state index contributed by atoms with van der Waals surface area (Å²) >= 11 is 0. The van der Waals surface area contributed by atoms with E-state index < -0.39 is 0 Å². The van der Waals surface area contributed by atoms with Gasteiger partial charge in [0.15, 0.2) is 0 Å². The van der Waals surface area contributed by atoms with Crippen LogP contribution in [0.25, 0.3) is 0 Å². The summed E-state index contributed by atoms with van der Waals surface area (Å²) in [6.07, 6.45) is 5.98. The average Bonchev–Trinajstić information content (AvgIpc) is 2.88. The fourth-order valence-corrected chi connectivity index (χ4v) is 3.12. The molecule has 2 aliphatic heterocycles. The second-order valence-electron chi connectivity index (χ2n) is 4.98. The summed E-state index contributed by atoms with van der Waals surface area (Å²) in [4.78, 5) is 4.41. The van der Waals surface area contributed by atoms with E-state index in [2.05, 4.69) is 21.8 Å². The van der Waals surface area contributed by atoms with Gasteiger partial charge in [0.25, 0.3) is 0 Å². The van der Waals surface area contributed by atoms with E-state index in [1.165, 1.54) is 50.3 Å². The second kappa shape index (κ2) is 3.63. The van der Waals surface area contributed by atoms with Crippen molar-refractivity contribution in [2.75, 3.05) is 13.1 Å². The Hall–Kier alpha value is -0.830. The number of aryl methyl sites for hydroxylation is 1. The molecule has 1 aromatic rings. The van der Waals surface area contributed by atoms with Crippen molar-refractivity contribution in [3.63, 3.8) is 0 Å². The van der Waals surface area contributed by atoms with Gasteiger partial charge in [0.05, 0.1) is 12.0 Å². The topological polar surface area (TPSA) is 29.9 Å².